The molecule has 1 aromatic carbocycles. The highest BCUT2D eigenvalue weighted by Gasteiger charge is 2.55. The summed E-state index contributed by atoms with van der Waals surface area (Å²) in [7, 11) is 0. The van der Waals surface area contributed by atoms with E-state index < -0.39 is 12.8 Å². The van der Waals surface area contributed by atoms with Gasteiger partial charge in [0, 0.05) is 0 Å². The average Bonchev–Trinajstić information content (AvgIpc) is 2.88. The van der Waals surface area contributed by atoms with Gasteiger partial charge in [-0.2, -0.15) is 0 Å². The Balaban J connectivity index is 1.97. The lowest BCUT2D eigenvalue weighted by Gasteiger charge is -2.38. The third kappa shape index (κ3) is 1.78. The van der Waals surface area contributed by atoms with Crippen molar-refractivity contribution in [1.29, 1.82) is 0 Å². The van der Waals surface area contributed by atoms with Crippen LogP contribution in [-0.2, 0) is 0 Å². The van der Waals surface area contributed by atoms with Gasteiger partial charge in [-0.25, -0.2) is 0 Å². The minimum absolute atomic E-state index is 0.106. The molecular weight excluding hydrogens is 224 g/mol. The highest BCUT2D eigenvalue weighted by Crippen LogP contribution is 2.63. The first-order valence-electron chi connectivity index (χ1n) is 6.32. The van der Waals surface area contributed by atoms with Crippen LogP contribution < -0.4 is 0 Å². The van der Waals surface area contributed by atoms with Gasteiger partial charge >= 0.3 is 6.98 Å². The van der Waals surface area contributed by atoms with Crippen LogP contribution in [0.3, 0.4) is 0 Å². The summed E-state index contributed by atoms with van der Waals surface area (Å²) >= 11 is 0. The topological polar surface area (TPSA) is 0 Å². The summed E-state index contributed by atoms with van der Waals surface area (Å²) < 4.78 is 39.6. The Labute approximate surface area is 99.3 Å². The van der Waals surface area contributed by atoms with Crippen LogP contribution in [0.2, 0.25) is 5.82 Å². The van der Waals surface area contributed by atoms with Gasteiger partial charge in [0.2, 0.25) is 0 Å². The van der Waals surface area contributed by atoms with Gasteiger partial charge in [0.05, 0.1) is 0 Å². The molecule has 4 atom stereocenters. The van der Waals surface area contributed by atoms with Gasteiger partial charge in [-0.1, -0.05) is 48.5 Å². The van der Waals surface area contributed by atoms with E-state index in [0.717, 1.165) is 24.8 Å². The Morgan fingerprint density at radius 2 is 1.59 bits per heavy atom. The van der Waals surface area contributed by atoms with Crippen LogP contribution in [0.5, 0.6) is 0 Å². The molecule has 0 unspecified atom stereocenters. The van der Waals surface area contributed by atoms with Crippen molar-refractivity contribution in [3.8, 4) is 0 Å². The molecule has 1 aromatic rings. The van der Waals surface area contributed by atoms with E-state index in [4.69, 9.17) is 0 Å². The molecule has 0 aromatic heterocycles. The predicted octanol–water partition coefficient (Wildman–Crippen LogP) is 4.42. The summed E-state index contributed by atoms with van der Waals surface area (Å²) in [6.07, 6.45) is 2.54. The van der Waals surface area contributed by atoms with Crippen LogP contribution in [0.4, 0.5) is 12.9 Å². The van der Waals surface area contributed by atoms with E-state index in [0.29, 0.717) is 0 Å². The second-order valence-electron chi connectivity index (χ2n) is 5.47. The van der Waals surface area contributed by atoms with E-state index in [1.807, 2.05) is 30.3 Å². The van der Waals surface area contributed by atoms with Crippen molar-refractivity contribution >= 4 is 6.98 Å². The molecule has 2 saturated carbocycles. The van der Waals surface area contributed by atoms with Crippen molar-refractivity contribution < 1.29 is 12.9 Å². The second kappa shape index (κ2) is 3.79. The van der Waals surface area contributed by atoms with Gasteiger partial charge in [-0.15, -0.1) is 0 Å². The normalized spacial score (nSPS) is 36.4. The molecule has 0 saturated heterocycles. The molecule has 0 radical (unpaired) electrons. The maximum absolute atomic E-state index is 13.2. The predicted molar refractivity (Wildman–Crippen MR) is 62.8 cm³/mol. The smallest absolute Gasteiger partial charge is 0.449 e. The minimum Gasteiger partial charge on any atom is -0.449 e. The number of benzene rings is 1. The Morgan fingerprint density at radius 1 is 0.941 bits per heavy atom. The van der Waals surface area contributed by atoms with Crippen molar-refractivity contribution in [2.24, 2.45) is 11.8 Å². The van der Waals surface area contributed by atoms with Crippen molar-refractivity contribution in [1.82, 2.24) is 0 Å². The third-order valence-electron chi connectivity index (χ3n) is 4.60. The van der Waals surface area contributed by atoms with Crippen LogP contribution in [0.15, 0.2) is 30.3 Å². The maximum atomic E-state index is 13.2. The quantitative estimate of drug-likeness (QED) is 0.670. The first kappa shape index (κ1) is 11.2. The largest absolute Gasteiger partial charge is 0.482 e. The molecule has 4 heteroatoms. The summed E-state index contributed by atoms with van der Waals surface area (Å²) in [4.78, 5) is 0. The fraction of sp³-hybridized carbons (Fsp3) is 0.538. The molecule has 3 rings (SSSR count). The van der Waals surface area contributed by atoms with Crippen LogP contribution >= 0.6 is 0 Å². The lowest BCUT2D eigenvalue weighted by molar-refractivity contribution is 0.332. The Hall–Kier alpha value is -0.925. The van der Waals surface area contributed by atoms with E-state index >= 15 is 0 Å². The van der Waals surface area contributed by atoms with Crippen LogP contribution in [-0.4, -0.2) is 6.98 Å². The van der Waals surface area contributed by atoms with E-state index in [1.54, 1.807) is 0 Å². The second-order valence-corrected chi connectivity index (χ2v) is 5.47. The Kier molecular flexibility index (Phi) is 2.49. The lowest BCUT2D eigenvalue weighted by Crippen LogP contribution is -2.33. The summed E-state index contributed by atoms with van der Waals surface area (Å²) in [5.74, 6) is -1.16. The molecule has 2 bridgehead atoms. The molecule has 2 fully saturated rings. The van der Waals surface area contributed by atoms with E-state index in [1.165, 1.54) is 0 Å². The summed E-state index contributed by atoms with van der Waals surface area (Å²) in [6, 6.07) is 9.29. The van der Waals surface area contributed by atoms with Gasteiger partial charge in [0.25, 0.3) is 0 Å². The SMILES string of the molecule is F[B-](F)(F)[C@H]1[C@H]2CC[C@@H](C2)[C@H]1c1ccccc1. The van der Waals surface area contributed by atoms with Crippen molar-refractivity contribution in [2.45, 2.75) is 31.0 Å². The number of hydrogen-bond donors (Lipinski definition) is 0. The van der Waals surface area contributed by atoms with Gasteiger partial charge < -0.3 is 12.9 Å². The summed E-state index contributed by atoms with van der Waals surface area (Å²) in [6.45, 7) is -4.71. The highest BCUT2D eigenvalue weighted by atomic mass is 19.4. The maximum Gasteiger partial charge on any atom is 0.482 e. The van der Waals surface area contributed by atoms with E-state index in [9.17, 15) is 12.9 Å². The van der Waals surface area contributed by atoms with Gasteiger partial charge in [-0.05, 0) is 30.2 Å². The Bertz CT molecular complexity index is 401. The Morgan fingerprint density at radius 3 is 2.24 bits per heavy atom. The van der Waals surface area contributed by atoms with E-state index in [-0.39, 0.29) is 17.8 Å². The molecule has 92 valence electrons. The van der Waals surface area contributed by atoms with Crippen molar-refractivity contribution in [3.05, 3.63) is 35.9 Å². The zero-order valence-corrected chi connectivity index (χ0v) is 9.53. The first-order chi connectivity index (χ1) is 8.07. The van der Waals surface area contributed by atoms with Crippen LogP contribution in [0, 0.1) is 11.8 Å². The minimum atomic E-state index is -4.71. The zero-order valence-electron chi connectivity index (χ0n) is 9.53. The standard InChI is InChI=1S/C13H15BF3/c15-14(16,17)13-11-7-6-10(8-11)12(13)9-4-2-1-3-5-9/h1-5,10-13H,6-8H2/q-1/t10-,11-,12+,13-/m0/s1. The number of halogens is 3. The van der Waals surface area contributed by atoms with Crippen LogP contribution in [0.1, 0.15) is 30.7 Å². The zero-order chi connectivity index (χ0) is 12.0. The summed E-state index contributed by atoms with van der Waals surface area (Å²) in [5, 5.41) is 0. The van der Waals surface area contributed by atoms with Crippen molar-refractivity contribution in [2.75, 3.05) is 0 Å². The molecule has 0 aliphatic heterocycles. The highest BCUT2D eigenvalue weighted by molar-refractivity contribution is 6.60. The molecule has 0 amide bonds. The lowest BCUT2D eigenvalue weighted by atomic mass is 9.58. The number of fused-ring (bicyclic) bond motifs is 2. The molecule has 0 N–H and O–H groups in total. The monoisotopic (exact) mass is 239 g/mol. The molecule has 17 heavy (non-hydrogen) atoms. The number of hydrogen-bond acceptors (Lipinski definition) is 0. The molecule has 2 aliphatic carbocycles. The van der Waals surface area contributed by atoms with Crippen molar-refractivity contribution in [3.63, 3.8) is 0 Å². The number of rotatable bonds is 2. The summed E-state index contributed by atoms with van der Waals surface area (Å²) in [5.41, 5.74) is 0.893. The fourth-order valence-electron chi connectivity index (χ4n) is 4.05. The van der Waals surface area contributed by atoms with E-state index in [2.05, 4.69) is 0 Å². The molecule has 0 nitrogen and oxygen atoms in total. The average molecular weight is 239 g/mol. The van der Waals surface area contributed by atoms with Gasteiger partial charge in [-0.3, -0.25) is 0 Å². The molecular formula is C13H15BF3-. The fourth-order valence-corrected chi connectivity index (χ4v) is 4.05. The van der Waals surface area contributed by atoms with Gasteiger partial charge in [0.1, 0.15) is 0 Å². The van der Waals surface area contributed by atoms with Crippen LogP contribution in [0.25, 0.3) is 0 Å². The first-order valence-corrected chi connectivity index (χ1v) is 6.32. The van der Waals surface area contributed by atoms with Gasteiger partial charge in [0.15, 0.2) is 0 Å². The molecule has 0 heterocycles. The molecule has 2 aliphatic rings. The molecule has 0 spiro atoms. The third-order valence-corrected chi connectivity index (χ3v) is 4.60.